The largest absolute Gasteiger partial charge is 0.385 e. The fourth-order valence-corrected chi connectivity index (χ4v) is 2.55. The number of halogens is 2. The van der Waals surface area contributed by atoms with Crippen LogP contribution in [-0.4, -0.2) is 5.11 Å². The molecule has 1 unspecified atom stereocenters. The van der Waals surface area contributed by atoms with Crippen molar-refractivity contribution in [3.63, 3.8) is 0 Å². The Kier molecular flexibility index (Phi) is 4.43. The predicted molar refractivity (Wildman–Crippen MR) is 85.7 cm³/mol. The SMILES string of the molecule is Cc1ccc(C(C)(O)Cc2ccc(Cl)c(Cl)c2)cc1C. The van der Waals surface area contributed by atoms with Crippen LogP contribution in [0.2, 0.25) is 10.0 Å². The van der Waals surface area contributed by atoms with Crippen molar-refractivity contribution in [2.24, 2.45) is 0 Å². The van der Waals surface area contributed by atoms with Gasteiger partial charge >= 0.3 is 0 Å². The van der Waals surface area contributed by atoms with Gasteiger partial charge in [0.05, 0.1) is 15.6 Å². The Bertz CT molecular complexity index is 633. The third-order valence-corrected chi connectivity index (χ3v) is 4.40. The highest BCUT2D eigenvalue weighted by Crippen LogP contribution is 2.29. The minimum atomic E-state index is -0.935. The molecule has 20 heavy (non-hydrogen) atoms. The van der Waals surface area contributed by atoms with E-state index in [0.717, 1.165) is 11.1 Å². The zero-order chi connectivity index (χ0) is 14.9. The number of aliphatic hydroxyl groups is 1. The van der Waals surface area contributed by atoms with Gasteiger partial charge in [0.25, 0.3) is 0 Å². The van der Waals surface area contributed by atoms with E-state index >= 15 is 0 Å². The van der Waals surface area contributed by atoms with Crippen molar-refractivity contribution in [3.8, 4) is 0 Å². The van der Waals surface area contributed by atoms with Gasteiger partial charge in [0.15, 0.2) is 0 Å². The summed E-state index contributed by atoms with van der Waals surface area (Å²) in [4.78, 5) is 0. The molecule has 0 saturated heterocycles. The number of benzene rings is 2. The third kappa shape index (κ3) is 3.35. The molecule has 0 spiro atoms. The number of rotatable bonds is 3. The van der Waals surface area contributed by atoms with Gasteiger partial charge in [-0.05, 0) is 55.2 Å². The molecule has 0 fully saturated rings. The van der Waals surface area contributed by atoms with Crippen LogP contribution in [0, 0.1) is 13.8 Å². The first-order chi connectivity index (χ1) is 9.29. The zero-order valence-electron chi connectivity index (χ0n) is 11.9. The third-order valence-electron chi connectivity index (χ3n) is 3.66. The Morgan fingerprint density at radius 2 is 1.65 bits per heavy atom. The van der Waals surface area contributed by atoms with Crippen molar-refractivity contribution in [3.05, 3.63) is 68.7 Å². The van der Waals surface area contributed by atoms with Crippen molar-refractivity contribution in [1.82, 2.24) is 0 Å². The molecule has 106 valence electrons. The molecule has 2 rings (SSSR count). The number of hydrogen-bond acceptors (Lipinski definition) is 1. The maximum atomic E-state index is 10.7. The van der Waals surface area contributed by atoms with Gasteiger partial charge in [-0.2, -0.15) is 0 Å². The molecule has 0 bridgehead atoms. The fourth-order valence-electron chi connectivity index (χ4n) is 2.23. The molecule has 0 aliphatic heterocycles. The first-order valence-corrected chi connectivity index (χ1v) is 7.29. The summed E-state index contributed by atoms with van der Waals surface area (Å²) in [5, 5.41) is 11.8. The van der Waals surface area contributed by atoms with Crippen LogP contribution < -0.4 is 0 Å². The molecule has 0 amide bonds. The maximum Gasteiger partial charge on any atom is 0.0908 e. The van der Waals surface area contributed by atoms with E-state index in [1.165, 1.54) is 11.1 Å². The first-order valence-electron chi connectivity index (χ1n) is 6.53. The molecule has 0 saturated carbocycles. The van der Waals surface area contributed by atoms with E-state index in [2.05, 4.69) is 6.92 Å². The molecule has 3 heteroatoms. The van der Waals surface area contributed by atoms with E-state index in [1.54, 1.807) is 12.1 Å². The highest BCUT2D eigenvalue weighted by atomic mass is 35.5. The molecule has 0 aliphatic rings. The number of aryl methyl sites for hydroxylation is 2. The molecule has 0 aromatic heterocycles. The Morgan fingerprint density at radius 3 is 2.25 bits per heavy atom. The van der Waals surface area contributed by atoms with Crippen LogP contribution in [-0.2, 0) is 12.0 Å². The van der Waals surface area contributed by atoms with E-state index in [-0.39, 0.29) is 0 Å². The highest BCUT2D eigenvalue weighted by molar-refractivity contribution is 6.42. The molecule has 1 atom stereocenters. The average Bonchev–Trinajstić information content (AvgIpc) is 2.37. The second kappa shape index (κ2) is 5.77. The number of hydrogen-bond donors (Lipinski definition) is 1. The van der Waals surface area contributed by atoms with E-state index in [1.807, 2.05) is 38.1 Å². The molecule has 0 aliphatic carbocycles. The Morgan fingerprint density at radius 1 is 0.950 bits per heavy atom. The second-order valence-corrected chi connectivity index (χ2v) is 6.31. The predicted octanol–water partition coefficient (Wildman–Crippen LogP) is 5.06. The van der Waals surface area contributed by atoms with Crippen molar-refractivity contribution >= 4 is 23.2 Å². The van der Waals surface area contributed by atoms with Gasteiger partial charge in [0, 0.05) is 6.42 Å². The Labute approximate surface area is 130 Å². The van der Waals surface area contributed by atoms with Crippen LogP contribution in [0.25, 0.3) is 0 Å². The Hall–Kier alpha value is -1.02. The van der Waals surface area contributed by atoms with Crippen molar-refractivity contribution in [1.29, 1.82) is 0 Å². The van der Waals surface area contributed by atoms with Crippen molar-refractivity contribution in [2.75, 3.05) is 0 Å². The topological polar surface area (TPSA) is 20.2 Å². The van der Waals surface area contributed by atoms with Gasteiger partial charge in [-0.3, -0.25) is 0 Å². The fraction of sp³-hybridized carbons (Fsp3) is 0.294. The summed E-state index contributed by atoms with van der Waals surface area (Å²) >= 11 is 11.9. The van der Waals surface area contributed by atoms with Gasteiger partial charge in [0.1, 0.15) is 0 Å². The van der Waals surface area contributed by atoms with Crippen molar-refractivity contribution in [2.45, 2.75) is 32.8 Å². The summed E-state index contributed by atoms with van der Waals surface area (Å²) in [7, 11) is 0. The smallest absolute Gasteiger partial charge is 0.0908 e. The summed E-state index contributed by atoms with van der Waals surface area (Å²) in [5.74, 6) is 0. The molecular weight excluding hydrogens is 291 g/mol. The molecule has 1 nitrogen and oxygen atoms in total. The van der Waals surface area contributed by atoms with Gasteiger partial charge in [-0.25, -0.2) is 0 Å². The van der Waals surface area contributed by atoms with Crippen LogP contribution in [0.3, 0.4) is 0 Å². The molecule has 2 aromatic carbocycles. The lowest BCUT2D eigenvalue weighted by atomic mass is 9.87. The second-order valence-electron chi connectivity index (χ2n) is 5.50. The molecule has 1 N–H and O–H groups in total. The summed E-state index contributed by atoms with van der Waals surface area (Å²) in [6, 6.07) is 11.5. The zero-order valence-corrected chi connectivity index (χ0v) is 13.4. The lowest BCUT2D eigenvalue weighted by Gasteiger charge is -2.25. The van der Waals surface area contributed by atoms with Crippen LogP contribution in [0.1, 0.15) is 29.2 Å². The highest BCUT2D eigenvalue weighted by Gasteiger charge is 2.24. The van der Waals surface area contributed by atoms with E-state index in [0.29, 0.717) is 16.5 Å². The summed E-state index contributed by atoms with van der Waals surface area (Å²) < 4.78 is 0. The minimum Gasteiger partial charge on any atom is -0.385 e. The van der Waals surface area contributed by atoms with Crippen LogP contribution in [0.4, 0.5) is 0 Å². The lowest BCUT2D eigenvalue weighted by Crippen LogP contribution is -2.24. The van der Waals surface area contributed by atoms with E-state index in [9.17, 15) is 5.11 Å². The van der Waals surface area contributed by atoms with E-state index < -0.39 is 5.60 Å². The summed E-state index contributed by atoms with van der Waals surface area (Å²) in [5.41, 5.74) is 3.33. The molecular formula is C17H18Cl2O. The standard InChI is InChI=1S/C17H18Cl2O/c1-11-4-6-14(8-12(11)2)17(3,20)10-13-5-7-15(18)16(19)9-13/h4-9,20H,10H2,1-3H3. The first kappa shape index (κ1) is 15.4. The maximum absolute atomic E-state index is 10.7. The normalized spacial score (nSPS) is 14.1. The lowest BCUT2D eigenvalue weighted by molar-refractivity contribution is 0.0575. The van der Waals surface area contributed by atoms with E-state index in [4.69, 9.17) is 23.2 Å². The molecule has 0 radical (unpaired) electrons. The summed E-state index contributed by atoms with van der Waals surface area (Å²) in [6.45, 7) is 5.93. The van der Waals surface area contributed by atoms with Crippen LogP contribution in [0.5, 0.6) is 0 Å². The summed E-state index contributed by atoms with van der Waals surface area (Å²) in [6.07, 6.45) is 0.492. The van der Waals surface area contributed by atoms with Gasteiger partial charge in [0.2, 0.25) is 0 Å². The van der Waals surface area contributed by atoms with Gasteiger partial charge in [-0.1, -0.05) is 47.5 Å². The van der Waals surface area contributed by atoms with Crippen LogP contribution in [0.15, 0.2) is 36.4 Å². The van der Waals surface area contributed by atoms with Gasteiger partial charge < -0.3 is 5.11 Å². The molecule has 2 aromatic rings. The average molecular weight is 309 g/mol. The van der Waals surface area contributed by atoms with Crippen molar-refractivity contribution < 1.29 is 5.11 Å². The minimum absolute atomic E-state index is 0.492. The Balaban J connectivity index is 2.29. The van der Waals surface area contributed by atoms with Crippen LogP contribution >= 0.6 is 23.2 Å². The quantitative estimate of drug-likeness (QED) is 0.840. The van der Waals surface area contributed by atoms with Gasteiger partial charge in [-0.15, -0.1) is 0 Å². The monoisotopic (exact) mass is 308 g/mol. The molecule has 0 heterocycles.